The number of rotatable bonds is 5. The van der Waals surface area contributed by atoms with E-state index in [0.29, 0.717) is 12.5 Å². The van der Waals surface area contributed by atoms with Gasteiger partial charge in [0.25, 0.3) is 0 Å². The number of hydrogen-bond acceptors (Lipinski definition) is 4. The number of hydrogen-bond donors (Lipinski definition) is 1. The fourth-order valence-corrected chi connectivity index (χ4v) is 2.83. The molecule has 0 fully saturated rings. The van der Waals surface area contributed by atoms with E-state index >= 15 is 0 Å². The number of aromatic nitrogens is 1. The predicted octanol–water partition coefficient (Wildman–Crippen LogP) is 2.74. The first-order valence-electron chi connectivity index (χ1n) is 7.07. The highest BCUT2D eigenvalue weighted by Crippen LogP contribution is 2.40. The van der Waals surface area contributed by atoms with Crippen LogP contribution in [-0.4, -0.2) is 25.4 Å². The van der Waals surface area contributed by atoms with Crippen LogP contribution in [0, 0.1) is 0 Å². The lowest BCUT2D eigenvalue weighted by molar-refractivity contribution is 0.199. The Morgan fingerprint density at radius 2 is 2.25 bits per heavy atom. The van der Waals surface area contributed by atoms with Crippen LogP contribution in [0.4, 0.5) is 0 Å². The Morgan fingerprint density at radius 3 is 3.10 bits per heavy atom. The quantitative estimate of drug-likeness (QED) is 0.850. The van der Waals surface area contributed by atoms with E-state index in [-0.39, 0.29) is 0 Å². The molecule has 1 atom stereocenters. The van der Waals surface area contributed by atoms with Crippen molar-refractivity contribution in [3.05, 3.63) is 41.1 Å². The van der Waals surface area contributed by atoms with Crippen LogP contribution in [0.3, 0.4) is 0 Å². The van der Waals surface area contributed by atoms with Gasteiger partial charge in [-0.1, -0.05) is 36.3 Å². The van der Waals surface area contributed by atoms with Crippen molar-refractivity contribution in [2.45, 2.75) is 25.8 Å². The fraction of sp³-hybridized carbons (Fsp3) is 0.438. The second-order valence-electron chi connectivity index (χ2n) is 5.30. The summed E-state index contributed by atoms with van der Waals surface area (Å²) < 4.78 is 10.6. The van der Waals surface area contributed by atoms with E-state index in [9.17, 15) is 0 Å². The van der Waals surface area contributed by atoms with Gasteiger partial charge in [0.15, 0.2) is 5.76 Å². The Bertz CT molecular complexity index is 592. The number of nitrogens with one attached hydrogen (secondary N) is 1. The summed E-state index contributed by atoms with van der Waals surface area (Å²) >= 11 is 0. The third-order valence-electron chi connectivity index (χ3n) is 3.89. The smallest absolute Gasteiger partial charge is 0.170 e. The van der Waals surface area contributed by atoms with Crippen molar-refractivity contribution >= 4 is 0 Å². The van der Waals surface area contributed by atoms with Crippen LogP contribution in [0.1, 0.15) is 29.7 Å². The first-order chi connectivity index (χ1) is 9.81. The van der Waals surface area contributed by atoms with E-state index < -0.39 is 0 Å². The van der Waals surface area contributed by atoms with Crippen molar-refractivity contribution in [1.29, 1.82) is 0 Å². The molecule has 0 radical (unpaired) electrons. The minimum Gasteiger partial charge on any atom is -0.383 e. The molecule has 106 valence electrons. The molecule has 1 aliphatic rings. The molecule has 3 rings (SSSR count). The number of ether oxygens (including phenoxy) is 1. The van der Waals surface area contributed by atoms with Crippen LogP contribution >= 0.6 is 0 Å². The average Bonchev–Trinajstić information content (AvgIpc) is 2.87. The maximum absolute atomic E-state index is 5.60. The molecule has 0 spiro atoms. The van der Waals surface area contributed by atoms with Crippen molar-refractivity contribution in [1.82, 2.24) is 10.5 Å². The summed E-state index contributed by atoms with van der Waals surface area (Å²) in [5, 5.41) is 7.58. The van der Waals surface area contributed by atoms with E-state index in [1.807, 2.05) is 0 Å². The Labute approximate surface area is 119 Å². The maximum Gasteiger partial charge on any atom is 0.170 e. The minimum atomic E-state index is 0.510. The number of benzene rings is 1. The normalized spacial score (nSPS) is 16.8. The highest BCUT2D eigenvalue weighted by atomic mass is 16.5. The van der Waals surface area contributed by atoms with Crippen molar-refractivity contribution in [2.24, 2.45) is 0 Å². The zero-order chi connectivity index (χ0) is 13.9. The largest absolute Gasteiger partial charge is 0.383 e. The third kappa shape index (κ3) is 2.37. The van der Waals surface area contributed by atoms with Gasteiger partial charge in [-0.05, 0) is 17.9 Å². The summed E-state index contributed by atoms with van der Waals surface area (Å²) in [7, 11) is 1.71. The lowest BCUT2D eigenvalue weighted by Crippen LogP contribution is -2.20. The molecule has 0 amide bonds. The third-order valence-corrected chi connectivity index (χ3v) is 3.89. The summed E-state index contributed by atoms with van der Waals surface area (Å²) in [5.41, 5.74) is 4.82. The minimum absolute atomic E-state index is 0.510. The van der Waals surface area contributed by atoms with Gasteiger partial charge < -0.3 is 14.6 Å². The van der Waals surface area contributed by atoms with Crippen LogP contribution < -0.4 is 5.32 Å². The molecule has 4 nitrogen and oxygen atoms in total. The highest BCUT2D eigenvalue weighted by Gasteiger charge is 2.27. The van der Waals surface area contributed by atoms with Gasteiger partial charge in [0.05, 0.1) is 6.61 Å². The van der Waals surface area contributed by atoms with Gasteiger partial charge in [-0.2, -0.15) is 0 Å². The monoisotopic (exact) mass is 272 g/mol. The second kappa shape index (κ2) is 5.77. The average molecular weight is 272 g/mol. The molecule has 2 aromatic rings. The van der Waals surface area contributed by atoms with E-state index in [1.165, 1.54) is 16.7 Å². The molecule has 0 saturated heterocycles. The van der Waals surface area contributed by atoms with Crippen LogP contribution in [0.15, 0.2) is 28.8 Å². The molecular formula is C16H20N2O2. The highest BCUT2D eigenvalue weighted by molar-refractivity contribution is 5.69. The standard InChI is InChI=1S/C16H20N2O2/c1-11-9-14-15(10-17-7-8-19-2)18-20-16(14)13-6-4-3-5-12(11)13/h3-6,11,17H,7-10H2,1-2H3. The Hall–Kier alpha value is -1.65. The van der Waals surface area contributed by atoms with Gasteiger partial charge in [0.2, 0.25) is 0 Å². The van der Waals surface area contributed by atoms with Gasteiger partial charge in [-0.15, -0.1) is 0 Å². The predicted molar refractivity (Wildman–Crippen MR) is 77.6 cm³/mol. The molecule has 1 heterocycles. The molecule has 1 N–H and O–H groups in total. The molecule has 1 aliphatic carbocycles. The lowest BCUT2D eigenvalue weighted by Gasteiger charge is -2.21. The SMILES string of the molecule is COCCNCc1noc2c1CC(C)c1ccccc1-2. The number of fused-ring (bicyclic) bond motifs is 3. The molecule has 0 aliphatic heterocycles. The molecule has 20 heavy (non-hydrogen) atoms. The van der Waals surface area contributed by atoms with Crippen LogP contribution in [-0.2, 0) is 17.7 Å². The number of methoxy groups -OCH3 is 1. The van der Waals surface area contributed by atoms with Gasteiger partial charge in [-0.3, -0.25) is 0 Å². The Morgan fingerprint density at radius 1 is 1.40 bits per heavy atom. The summed E-state index contributed by atoms with van der Waals surface area (Å²) in [6.45, 7) is 4.53. The number of nitrogens with zero attached hydrogens (tertiary/aromatic N) is 1. The van der Waals surface area contributed by atoms with Crippen molar-refractivity contribution < 1.29 is 9.26 Å². The van der Waals surface area contributed by atoms with Crippen LogP contribution in [0.5, 0.6) is 0 Å². The first kappa shape index (κ1) is 13.3. The molecule has 1 unspecified atom stereocenters. The summed E-state index contributed by atoms with van der Waals surface area (Å²) in [4.78, 5) is 0. The van der Waals surface area contributed by atoms with E-state index in [0.717, 1.165) is 31.0 Å². The molecule has 4 heteroatoms. The zero-order valence-electron chi connectivity index (χ0n) is 12.0. The molecule has 1 aromatic heterocycles. The zero-order valence-corrected chi connectivity index (χ0v) is 12.0. The van der Waals surface area contributed by atoms with Crippen LogP contribution in [0.2, 0.25) is 0 Å². The summed E-state index contributed by atoms with van der Waals surface area (Å²) in [6, 6.07) is 8.45. The van der Waals surface area contributed by atoms with Gasteiger partial charge in [-0.25, -0.2) is 0 Å². The maximum atomic E-state index is 5.60. The lowest BCUT2D eigenvalue weighted by atomic mass is 9.82. The van der Waals surface area contributed by atoms with Crippen molar-refractivity contribution in [3.8, 4) is 11.3 Å². The molecule has 0 saturated carbocycles. The topological polar surface area (TPSA) is 47.3 Å². The van der Waals surface area contributed by atoms with Gasteiger partial charge >= 0.3 is 0 Å². The van der Waals surface area contributed by atoms with Crippen molar-refractivity contribution in [2.75, 3.05) is 20.3 Å². The first-order valence-corrected chi connectivity index (χ1v) is 7.07. The molecular weight excluding hydrogens is 252 g/mol. The van der Waals surface area contributed by atoms with Crippen molar-refractivity contribution in [3.63, 3.8) is 0 Å². The Kier molecular flexibility index (Phi) is 3.85. The summed E-state index contributed by atoms with van der Waals surface area (Å²) in [6.07, 6.45) is 0.997. The van der Waals surface area contributed by atoms with Gasteiger partial charge in [0, 0.05) is 31.3 Å². The fourth-order valence-electron chi connectivity index (χ4n) is 2.83. The molecule has 1 aromatic carbocycles. The molecule has 0 bridgehead atoms. The van der Waals surface area contributed by atoms with Gasteiger partial charge in [0.1, 0.15) is 5.69 Å². The second-order valence-corrected chi connectivity index (χ2v) is 5.30. The van der Waals surface area contributed by atoms with E-state index in [2.05, 4.69) is 41.7 Å². The summed E-state index contributed by atoms with van der Waals surface area (Å²) in [5.74, 6) is 1.46. The van der Waals surface area contributed by atoms with E-state index in [4.69, 9.17) is 9.26 Å². The van der Waals surface area contributed by atoms with Crippen LogP contribution in [0.25, 0.3) is 11.3 Å². The van der Waals surface area contributed by atoms with E-state index in [1.54, 1.807) is 7.11 Å². The Balaban J connectivity index is 1.84.